The zero-order valence-corrected chi connectivity index (χ0v) is 16.4. The minimum atomic E-state index is 0.0867. The molecular formula is C22H27Cl2N. The van der Waals surface area contributed by atoms with E-state index >= 15 is 0 Å². The van der Waals surface area contributed by atoms with E-state index in [1.165, 1.54) is 23.1 Å². The van der Waals surface area contributed by atoms with Crippen LogP contribution in [0.4, 0.5) is 0 Å². The van der Waals surface area contributed by atoms with Crippen LogP contribution in [0.3, 0.4) is 0 Å². The molecule has 1 nitrogen and oxygen atoms in total. The minimum Gasteiger partial charge on any atom is -0.299 e. The fourth-order valence-corrected chi connectivity index (χ4v) is 4.23. The molecule has 3 atom stereocenters. The van der Waals surface area contributed by atoms with Crippen molar-refractivity contribution in [3.8, 4) is 0 Å². The Balaban J connectivity index is 1.45. The van der Waals surface area contributed by atoms with E-state index in [-0.39, 0.29) is 10.8 Å². The summed E-state index contributed by atoms with van der Waals surface area (Å²) < 4.78 is 0. The number of hydrogen-bond acceptors (Lipinski definition) is 1. The molecule has 1 fully saturated rings. The zero-order valence-electron chi connectivity index (χ0n) is 14.9. The Labute approximate surface area is 161 Å². The summed E-state index contributed by atoms with van der Waals surface area (Å²) in [5.41, 5.74) is 4.13. The van der Waals surface area contributed by atoms with Crippen molar-refractivity contribution in [1.82, 2.24) is 4.90 Å². The van der Waals surface area contributed by atoms with E-state index in [1.807, 2.05) is 0 Å². The highest BCUT2D eigenvalue weighted by Gasteiger charge is 2.39. The van der Waals surface area contributed by atoms with E-state index in [4.69, 9.17) is 23.2 Å². The summed E-state index contributed by atoms with van der Waals surface area (Å²) in [6, 6.07) is 19.7. The van der Waals surface area contributed by atoms with Gasteiger partial charge < -0.3 is 0 Å². The third-order valence-electron chi connectivity index (χ3n) is 5.25. The average Bonchev–Trinajstić information content (AvgIpc) is 2.66. The maximum absolute atomic E-state index is 6.30. The quantitative estimate of drug-likeness (QED) is 0.523. The fraction of sp³-hybridized carbons (Fsp3) is 0.455. The molecule has 0 aliphatic heterocycles. The molecule has 1 saturated carbocycles. The maximum atomic E-state index is 6.30. The molecular weight excluding hydrogens is 349 g/mol. The first kappa shape index (κ1) is 18.8. The van der Waals surface area contributed by atoms with Crippen molar-refractivity contribution in [2.45, 2.75) is 49.4 Å². The van der Waals surface area contributed by atoms with Crippen molar-refractivity contribution in [1.29, 1.82) is 0 Å². The first-order chi connectivity index (χ1) is 12.2. The van der Waals surface area contributed by atoms with Gasteiger partial charge in [-0.25, -0.2) is 0 Å². The van der Waals surface area contributed by atoms with Gasteiger partial charge in [0, 0.05) is 12.5 Å². The second-order valence-corrected chi connectivity index (χ2v) is 8.07. The van der Waals surface area contributed by atoms with Crippen molar-refractivity contribution < 1.29 is 0 Å². The summed E-state index contributed by atoms with van der Waals surface area (Å²) in [5, 5.41) is 0.222. The second kappa shape index (κ2) is 9.07. The van der Waals surface area contributed by atoms with Gasteiger partial charge in [0.2, 0.25) is 0 Å². The SMILES string of the molecule is CCN(CCCc1ccc(C2CC(Cl)C2Cl)cc1)Cc1ccccc1. The molecule has 3 unspecified atom stereocenters. The van der Waals surface area contributed by atoms with E-state index in [0.29, 0.717) is 5.92 Å². The molecule has 0 radical (unpaired) electrons. The van der Waals surface area contributed by atoms with E-state index in [9.17, 15) is 0 Å². The summed E-state index contributed by atoms with van der Waals surface area (Å²) in [6.45, 7) is 5.50. The standard InChI is InChI=1S/C22H27Cl2N/c1-2-25(16-18-7-4-3-5-8-18)14-6-9-17-10-12-19(13-11-17)20-15-21(23)22(20)24/h3-5,7-8,10-13,20-22H,2,6,9,14-16H2,1H3. The molecule has 1 aliphatic rings. The molecule has 25 heavy (non-hydrogen) atoms. The van der Waals surface area contributed by atoms with Crippen molar-refractivity contribution in [3.05, 3.63) is 71.3 Å². The van der Waals surface area contributed by atoms with E-state index in [0.717, 1.165) is 32.5 Å². The number of halogens is 2. The number of benzene rings is 2. The monoisotopic (exact) mass is 375 g/mol. The predicted octanol–water partition coefficient (Wildman–Crippen LogP) is 5.84. The summed E-state index contributed by atoms with van der Waals surface area (Å²) in [6.07, 6.45) is 3.31. The molecule has 3 rings (SSSR count). The van der Waals surface area contributed by atoms with Crippen LogP contribution >= 0.6 is 23.2 Å². The van der Waals surface area contributed by atoms with Crippen LogP contribution in [0, 0.1) is 0 Å². The lowest BCUT2D eigenvalue weighted by Gasteiger charge is -2.37. The molecule has 2 aromatic carbocycles. The van der Waals surface area contributed by atoms with Crippen LogP contribution in [-0.4, -0.2) is 28.7 Å². The smallest absolute Gasteiger partial charge is 0.0568 e. The highest BCUT2D eigenvalue weighted by Crippen LogP contribution is 2.44. The summed E-state index contributed by atoms with van der Waals surface area (Å²) in [5.74, 6) is 0.430. The van der Waals surface area contributed by atoms with Crippen molar-refractivity contribution in [3.63, 3.8) is 0 Å². The molecule has 3 heteroatoms. The summed E-state index contributed by atoms with van der Waals surface area (Å²) in [7, 11) is 0. The third-order valence-corrected chi connectivity index (χ3v) is 6.44. The van der Waals surface area contributed by atoms with Gasteiger partial charge in [0.15, 0.2) is 0 Å². The Hall–Kier alpha value is -1.02. The topological polar surface area (TPSA) is 3.24 Å². The lowest BCUT2D eigenvalue weighted by molar-refractivity contribution is 0.276. The van der Waals surface area contributed by atoms with Gasteiger partial charge in [-0.15, -0.1) is 23.2 Å². The maximum Gasteiger partial charge on any atom is 0.0568 e. The van der Waals surface area contributed by atoms with Gasteiger partial charge in [-0.3, -0.25) is 4.90 Å². The van der Waals surface area contributed by atoms with Gasteiger partial charge in [0.25, 0.3) is 0 Å². The van der Waals surface area contributed by atoms with Crippen LogP contribution < -0.4 is 0 Å². The van der Waals surface area contributed by atoms with E-state index in [2.05, 4.69) is 66.4 Å². The second-order valence-electron chi connectivity index (χ2n) is 7.00. The van der Waals surface area contributed by atoms with Gasteiger partial charge >= 0.3 is 0 Å². The average molecular weight is 376 g/mol. The van der Waals surface area contributed by atoms with Crippen LogP contribution in [0.15, 0.2) is 54.6 Å². The first-order valence-electron chi connectivity index (χ1n) is 9.30. The Kier molecular flexibility index (Phi) is 6.81. The largest absolute Gasteiger partial charge is 0.299 e. The van der Waals surface area contributed by atoms with Gasteiger partial charge in [-0.1, -0.05) is 61.5 Å². The van der Waals surface area contributed by atoms with E-state index < -0.39 is 0 Å². The molecule has 0 heterocycles. The lowest BCUT2D eigenvalue weighted by Crippen LogP contribution is -2.36. The highest BCUT2D eigenvalue weighted by molar-refractivity contribution is 6.31. The normalized spacial score (nSPS) is 22.8. The fourth-order valence-electron chi connectivity index (χ4n) is 3.51. The molecule has 0 bridgehead atoms. The van der Waals surface area contributed by atoms with Crippen LogP contribution in [0.2, 0.25) is 0 Å². The van der Waals surface area contributed by atoms with Gasteiger partial charge in [0.1, 0.15) is 0 Å². The summed E-state index contributed by atoms with van der Waals surface area (Å²) >= 11 is 12.4. The Bertz CT molecular complexity index is 641. The molecule has 0 saturated heterocycles. The number of hydrogen-bond donors (Lipinski definition) is 0. The van der Waals surface area contributed by atoms with Gasteiger partial charge in [-0.2, -0.15) is 0 Å². The van der Waals surface area contributed by atoms with Crippen LogP contribution in [0.25, 0.3) is 0 Å². The third kappa shape index (κ3) is 5.00. The molecule has 0 N–H and O–H groups in total. The molecule has 2 aromatic rings. The molecule has 0 aromatic heterocycles. The number of nitrogens with zero attached hydrogens (tertiary/aromatic N) is 1. The molecule has 0 spiro atoms. The molecule has 1 aliphatic carbocycles. The number of alkyl halides is 2. The minimum absolute atomic E-state index is 0.0867. The highest BCUT2D eigenvalue weighted by atomic mass is 35.5. The summed E-state index contributed by atoms with van der Waals surface area (Å²) in [4.78, 5) is 2.51. The number of rotatable bonds is 8. The predicted molar refractivity (Wildman–Crippen MR) is 109 cm³/mol. The Morgan fingerprint density at radius 3 is 2.28 bits per heavy atom. The van der Waals surface area contributed by atoms with Gasteiger partial charge in [0.05, 0.1) is 10.8 Å². The molecule has 134 valence electrons. The zero-order chi connectivity index (χ0) is 17.6. The van der Waals surface area contributed by atoms with E-state index in [1.54, 1.807) is 0 Å². The Morgan fingerprint density at radius 2 is 1.68 bits per heavy atom. The van der Waals surface area contributed by atoms with Crippen LogP contribution in [0.5, 0.6) is 0 Å². The van der Waals surface area contributed by atoms with Crippen molar-refractivity contribution in [2.75, 3.05) is 13.1 Å². The first-order valence-corrected chi connectivity index (χ1v) is 10.2. The number of aryl methyl sites for hydroxylation is 1. The molecule has 0 amide bonds. The van der Waals surface area contributed by atoms with Crippen molar-refractivity contribution in [2.24, 2.45) is 0 Å². The Morgan fingerprint density at radius 1 is 0.960 bits per heavy atom. The lowest BCUT2D eigenvalue weighted by atomic mass is 9.78. The van der Waals surface area contributed by atoms with Gasteiger partial charge in [-0.05, 0) is 49.0 Å². The van der Waals surface area contributed by atoms with Crippen LogP contribution in [0.1, 0.15) is 42.4 Å². The van der Waals surface area contributed by atoms with Crippen molar-refractivity contribution >= 4 is 23.2 Å². The van der Waals surface area contributed by atoms with Crippen LogP contribution in [-0.2, 0) is 13.0 Å².